The highest BCUT2D eigenvalue weighted by molar-refractivity contribution is 6.30. The second kappa shape index (κ2) is 7.57. The van der Waals surface area contributed by atoms with Gasteiger partial charge in [0.15, 0.2) is 6.61 Å². The van der Waals surface area contributed by atoms with Crippen LogP contribution in [0, 0.1) is 0 Å². The van der Waals surface area contributed by atoms with E-state index in [4.69, 9.17) is 16.3 Å². The Morgan fingerprint density at radius 1 is 1.21 bits per heavy atom. The maximum atomic E-state index is 12.5. The van der Waals surface area contributed by atoms with Gasteiger partial charge >= 0.3 is 6.18 Å². The summed E-state index contributed by atoms with van der Waals surface area (Å²) in [5, 5.41) is 3.29. The number of alkyl halides is 3. The summed E-state index contributed by atoms with van der Waals surface area (Å²) in [6, 6.07) is 11.0. The number of rotatable bonds is 5. The first-order valence-corrected chi connectivity index (χ1v) is 7.48. The number of hydrogen-bond acceptors (Lipinski definition) is 2. The molecule has 2 aromatic carbocycles. The zero-order valence-corrected chi connectivity index (χ0v) is 13.5. The van der Waals surface area contributed by atoms with Gasteiger partial charge in [-0.3, -0.25) is 4.79 Å². The van der Waals surface area contributed by atoms with Gasteiger partial charge < -0.3 is 10.1 Å². The number of hydrogen-bond donors (Lipinski definition) is 1. The maximum absolute atomic E-state index is 12.5. The first kappa shape index (κ1) is 18.1. The average Bonchev–Trinajstić information content (AvgIpc) is 2.52. The number of ether oxygens (including phenoxy) is 1. The van der Waals surface area contributed by atoms with E-state index in [1.54, 1.807) is 25.1 Å². The molecule has 0 saturated heterocycles. The van der Waals surface area contributed by atoms with Gasteiger partial charge in [0.2, 0.25) is 0 Å². The van der Waals surface area contributed by atoms with Crippen LogP contribution in [-0.2, 0) is 11.0 Å². The Hall–Kier alpha value is -2.21. The highest BCUT2D eigenvalue weighted by Gasteiger charge is 2.30. The molecule has 0 saturated carbocycles. The van der Waals surface area contributed by atoms with E-state index in [0.717, 1.165) is 17.7 Å². The molecule has 1 amide bonds. The second-order valence-electron chi connectivity index (χ2n) is 5.16. The van der Waals surface area contributed by atoms with Crippen molar-refractivity contribution in [3.8, 4) is 5.75 Å². The van der Waals surface area contributed by atoms with Crippen LogP contribution in [0.5, 0.6) is 5.75 Å². The Labute approximate surface area is 142 Å². The molecule has 0 aliphatic carbocycles. The molecular weight excluding hydrogens is 343 g/mol. The fraction of sp³-hybridized carbons (Fsp3) is 0.235. The quantitative estimate of drug-likeness (QED) is 0.848. The van der Waals surface area contributed by atoms with Crippen molar-refractivity contribution in [2.75, 3.05) is 6.61 Å². The summed E-state index contributed by atoms with van der Waals surface area (Å²) < 4.78 is 42.5. The van der Waals surface area contributed by atoms with E-state index < -0.39 is 11.7 Å². The lowest BCUT2D eigenvalue weighted by Gasteiger charge is -2.15. The summed E-state index contributed by atoms with van der Waals surface area (Å²) in [6.45, 7) is 1.50. The van der Waals surface area contributed by atoms with Crippen molar-refractivity contribution in [2.45, 2.75) is 19.1 Å². The monoisotopic (exact) mass is 357 g/mol. The SMILES string of the molecule is C[C@H](NC(=O)COc1ccc(C(F)(F)F)cc1)c1cccc(Cl)c1. The summed E-state index contributed by atoms with van der Waals surface area (Å²) in [5.41, 5.74) is 0.0688. The van der Waals surface area contributed by atoms with Gasteiger partial charge in [-0.1, -0.05) is 23.7 Å². The standard InChI is InChI=1S/C17H15ClF3NO2/c1-11(12-3-2-4-14(18)9-12)22-16(23)10-24-15-7-5-13(6-8-15)17(19,20)21/h2-9,11H,10H2,1H3,(H,22,23)/t11-/m0/s1. The number of halogens is 4. The van der Waals surface area contributed by atoms with E-state index in [0.29, 0.717) is 5.02 Å². The first-order valence-electron chi connectivity index (χ1n) is 7.10. The third-order valence-corrected chi connectivity index (χ3v) is 3.51. The van der Waals surface area contributed by atoms with Gasteiger partial charge in [0, 0.05) is 5.02 Å². The molecule has 7 heteroatoms. The molecule has 0 aliphatic rings. The smallest absolute Gasteiger partial charge is 0.416 e. The fourth-order valence-electron chi connectivity index (χ4n) is 2.03. The number of amides is 1. The van der Waals surface area contributed by atoms with Gasteiger partial charge in [-0.05, 0) is 48.9 Å². The first-order chi connectivity index (χ1) is 11.3. The van der Waals surface area contributed by atoms with Crippen LogP contribution in [0.2, 0.25) is 5.02 Å². The molecule has 0 aliphatic heterocycles. The molecule has 1 N–H and O–H groups in total. The molecule has 0 fully saturated rings. The minimum absolute atomic E-state index is 0.188. The minimum Gasteiger partial charge on any atom is -0.484 e. The van der Waals surface area contributed by atoms with Gasteiger partial charge in [0.05, 0.1) is 11.6 Å². The molecule has 0 spiro atoms. The number of carbonyl (C=O) groups is 1. The average molecular weight is 358 g/mol. The molecule has 128 valence electrons. The number of carbonyl (C=O) groups excluding carboxylic acids is 1. The molecule has 2 rings (SSSR count). The lowest BCUT2D eigenvalue weighted by Crippen LogP contribution is -2.31. The lowest BCUT2D eigenvalue weighted by molar-refractivity contribution is -0.137. The van der Waals surface area contributed by atoms with E-state index in [1.807, 2.05) is 6.07 Å². The molecule has 0 unspecified atom stereocenters. The van der Waals surface area contributed by atoms with Crippen molar-refractivity contribution in [1.82, 2.24) is 5.32 Å². The van der Waals surface area contributed by atoms with Crippen LogP contribution in [-0.4, -0.2) is 12.5 Å². The largest absolute Gasteiger partial charge is 0.484 e. The Balaban J connectivity index is 1.87. The van der Waals surface area contributed by atoms with Crippen molar-refractivity contribution in [2.24, 2.45) is 0 Å². The predicted molar refractivity (Wildman–Crippen MR) is 84.9 cm³/mol. The van der Waals surface area contributed by atoms with Gasteiger partial charge in [0.1, 0.15) is 5.75 Å². The Kier molecular flexibility index (Phi) is 5.72. The van der Waals surface area contributed by atoms with Crippen molar-refractivity contribution in [3.63, 3.8) is 0 Å². The molecule has 0 bridgehead atoms. The van der Waals surface area contributed by atoms with Gasteiger partial charge in [-0.15, -0.1) is 0 Å². The number of nitrogens with one attached hydrogen (secondary N) is 1. The van der Waals surface area contributed by atoms with E-state index in [9.17, 15) is 18.0 Å². The van der Waals surface area contributed by atoms with Gasteiger partial charge in [-0.2, -0.15) is 13.2 Å². The number of benzene rings is 2. The zero-order chi connectivity index (χ0) is 17.7. The van der Waals surface area contributed by atoms with Crippen LogP contribution in [0.3, 0.4) is 0 Å². The molecule has 1 atom stereocenters. The van der Waals surface area contributed by atoms with Crippen LogP contribution < -0.4 is 10.1 Å². The third-order valence-electron chi connectivity index (χ3n) is 3.28. The fourth-order valence-corrected chi connectivity index (χ4v) is 2.23. The van der Waals surface area contributed by atoms with Crippen molar-refractivity contribution >= 4 is 17.5 Å². The van der Waals surface area contributed by atoms with Crippen molar-refractivity contribution in [1.29, 1.82) is 0 Å². The van der Waals surface area contributed by atoms with Crippen LogP contribution in [0.4, 0.5) is 13.2 Å². The molecule has 2 aromatic rings. The molecule has 0 heterocycles. The predicted octanol–water partition coefficient (Wildman–Crippen LogP) is 4.62. The zero-order valence-electron chi connectivity index (χ0n) is 12.7. The summed E-state index contributed by atoms with van der Waals surface area (Å²) in [5.74, 6) is -0.198. The minimum atomic E-state index is -4.40. The van der Waals surface area contributed by atoms with Crippen LogP contribution in [0.1, 0.15) is 24.1 Å². The highest BCUT2D eigenvalue weighted by Crippen LogP contribution is 2.30. The summed E-state index contributed by atoms with van der Waals surface area (Å²) >= 11 is 5.89. The lowest BCUT2D eigenvalue weighted by atomic mass is 10.1. The Morgan fingerprint density at radius 3 is 2.46 bits per heavy atom. The Morgan fingerprint density at radius 2 is 1.88 bits per heavy atom. The summed E-state index contributed by atoms with van der Waals surface area (Å²) in [6.07, 6.45) is -4.40. The Bertz CT molecular complexity index is 702. The van der Waals surface area contributed by atoms with E-state index in [1.165, 1.54) is 12.1 Å². The van der Waals surface area contributed by atoms with Gasteiger partial charge in [-0.25, -0.2) is 0 Å². The highest BCUT2D eigenvalue weighted by atomic mass is 35.5. The second-order valence-corrected chi connectivity index (χ2v) is 5.59. The maximum Gasteiger partial charge on any atom is 0.416 e. The van der Waals surface area contributed by atoms with Crippen LogP contribution in [0.15, 0.2) is 48.5 Å². The normalized spacial score (nSPS) is 12.5. The summed E-state index contributed by atoms with van der Waals surface area (Å²) in [7, 11) is 0. The van der Waals surface area contributed by atoms with Crippen molar-refractivity contribution in [3.05, 3.63) is 64.7 Å². The van der Waals surface area contributed by atoms with E-state index in [-0.39, 0.29) is 24.3 Å². The molecule has 0 radical (unpaired) electrons. The third kappa shape index (κ3) is 5.16. The van der Waals surface area contributed by atoms with Crippen molar-refractivity contribution < 1.29 is 22.7 Å². The van der Waals surface area contributed by atoms with E-state index >= 15 is 0 Å². The topological polar surface area (TPSA) is 38.3 Å². The van der Waals surface area contributed by atoms with Crippen LogP contribution in [0.25, 0.3) is 0 Å². The molecular formula is C17H15ClF3NO2. The molecule has 3 nitrogen and oxygen atoms in total. The summed E-state index contributed by atoms with van der Waals surface area (Å²) in [4.78, 5) is 11.9. The van der Waals surface area contributed by atoms with Crippen LogP contribution >= 0.6 is 11.6 Å². The van der Waals surface area contributed by atoms with E-state index in [2.05, 4.69) is 5.32 Å². The molecule has 24 heavy (non-hydrogen) atoms. The van der Waals surface area contributed by atoms with Gasteiger partial charge in [0.25, 0.3) is 5.91 Å². The molecule has 0 aromatic heterocycles.